The molecule has 6 nitrogen and oxygen atoms in total. The van der Waals surface area contributed by atoms with Crippen LogP contribution in [-0.2, 0) is 24.4 Å². The van der Waals surface area contributed by atoms with Crippen LogP contribution in [0.2, 0.25) is 5.02 Å². The standard InChI is InChI=1S/C25H23ClFN3O3/c1-25(2)13-33-22(15-7-11-17(27)12-8-15)21-20-18(23(31)29(4)24(32)28(20)3)19(30(21)25)14-5-9-16(26)10-6-14/h5-12,22H,13H2,1-4H3/t22-/m0/s1. The minimum absolute atomic E-state index is 0.349. The zero-order valence-corrected chi connectivity index (χ0v) is 19.5. The highest BCUT2D eigenvalue weighted by molar-refractivity contribution is 6.30. The van der Waals surface area contributed by atoms with Gasteiger partial charge < -0.3 is 9.30 Å². The summed E-state index contributed by atoms with van der Waals surface area (Å²) >= 11 is 6.14. The fourth-order valence-corrected chi connectivity index (χ4v) is 4.90. The highest BCUT2D eigenvalue weighted by atomic mass is 35.5. The molecule has 5 rings (SSSR count). The Morgan fingerprint density at radius 3 is 2.27 bits per heavy atom. The lowest BCUT2D eigenvalue weighted by molar-refractivity contribution is -0.00709. The van der Waals surface area contributed by atoms with Crippen LogP contribution in [-0.4, -0.2) is 20.3 Å². The van der Waals surface area contributed by atoms with Crippen molar-refractivity contribution in [2.75, 3.05) is 6.61 Å². The van der Waals surface area contributed by atoms with Crippen molar-refractivity contribution >= 4 is 22.5 Å². The van der Waals surface area contributed by atoms with E-state index in [2.05, 4.69) is 4.57 Å². The van der Waals surface area contributed by atoms with E-state index in [4.69, 9.17) is 16.3 Å². The molecular formula is C25H23ClFN3O3. The smallest absolute Gasteiger partial charge is 0.331 e. The van der Waals surface area contributed by atoms with Crippen molar-refractivity contribution in [2.24, 2.45) is 14.1 Å². The molecule has 3 heterocycles. The van der Waals surface area contributed by atoms with Gasteiger partial charge in [0.15, 0.2) is 0 Å². The highest BCUT2D eigenvalue weighted by Crippen LogP contribution is 2.45. The Labute approximate surface area is 194 Å². The molecule has 0 saturated carbocycles. The first kappa shape index (κ1) is 21.7. The SMILES string of the molecule is Cn1c(=O)c2c(-c3ccc(Cl)cc3)n3c(c2n(C)c1=O)[C@H](c1ccc(F)cc1)OCC3(C)C. The van der Waals surface area contributed by atoms with Gasteiger partial charge in [-0.2, -0.15) is 0 Å². The quantitative estimate of drug-likeness (QED) is 0.440. The Morgan fingerprint density at radius 1 is 1.00 bits per heavy atom. The van der Waals surface area contributed by atoms with E-state index in [-0.39, 0.29) is 11.4 Å². The summed E-state index contributed by atoms with van der Waals surface area (Å²) in [6, 6.07) is 13.4. The third-order valence-electron chi connectivity index (χ3n) is 6.36. The molecule has 8 heteroatoms. The minimum Gasteiger partial charge on any atom is -0.365 e. The second-order valence-corrected chi connectivity index (χ2v) is 9.50. The highest BCUT2D eigenvalue weighted by Gasteiger charge is 2.40. The summed E-state index contributed by atoms with van der Waals surface area (Å²) in [5.74, 6) is -0.349. The van der Waals surface area contributed by atoms with E-state index in [9.17, 15) is 14.0 Å². The normalized spacial score (nSPS) is 17.3. The molecular weight excluding hydrogens is 445 g/mol. The number of ether oxygens (including phenoxy) is 1. The van der Waals surface area contributed by atoms with Crippen LogP contribution in [0.15, 0.2) is 58.1 Å². The van der Waals surface area contributed by atoms with Gasteiger partial charge in [-0.15, -0.1) is 0 Å². The molecule has 2 aromatic heterocycles. The van der Waals surface area contributed by atoms with E-state index in [1.54, 1.807) is 31.3 Å². The largest absolute Gasteiger partial charge is 0.365 e. The van der Waals surface area contributed by atoms with Gasteiger partial charge in [-0.3, -0.25) is 13.9 Å². The monoisotopic (exact) mass is 467 g/mol. The number of fused-ring (bicyclic) bond motifs is 3. The van der Waals surface area contributed by atoms with Gasteiger partial charge in [0.1, 0.15) is 11.9 Å². The molecule has 1 aliphatic rings. The molecule has 2 aromatic carbocycles. The maximum atomic E-state index is 13.7. The van der Waals surface area contributed by atoms with E-state index in [0.29, 0.717) is 33.9 Å². The van der Waals surface area contributed by atoms with Gasteiger partial charge in [0, 0.05) is 19.1 Å². The fourth-order valence-electron chi connectivity index (χ4n) is 4.77. The predicted molar refractivity (Wildman–Crippen MR) is 126 cm³/mol. The van der Waals surface area contributed by atoms with Crippen molar-refractivity contribution in [1.82, 2.24) is 13.7 Å². The van der Waals surface area contributed by atoms with E-state index >= 15 is 0 Å². The summed E-state index contributed by atoms with van der Waals surface area (Å²) in [6.45, 7) is 4.41. The van der Waals surface area contributed by atoms with Crippen LogP contribution in [0.3, 0.4) is 0 Å². The zero-order chi connectivity index (χ0) is 23.7. The third kappa shape index (κ3) is 3.18. The van der Waals surface area contributed by atoms with Crippen molar-refractivity contribution in [3.63, 3.8) is 0 Å². The lowest BCUT2D eigenvalue weighted by Crippen LogP contribution is -2.40. The summed E-state index contributed by atoms with van der Waals surface area (Å²) in [5, 5.41) is 1.02. The second-order valence-electron chi connectivity index (χ2n) is 9.06. The molecule has 33 heavy (non-hydrogen) atoms. The molecule has 4 aromatic rings. The Hall–Kier alpha value is -3.16. The van der Waals surface area contributed by atoms with Gasteiger partial charge in [-0.25, -0.2) is 9.18 Å². The molecule has 0 radical (unpaired) electrons. The molecule has 170 valence electrons. The maximum absolute atomic E-state index is 13.7. The molecule has 0 fully saturated rings. The molecule has 1 atom stereocenters. The first-order valence-corrected chi connectivity index (χ1v) is 11.0. The molecule has 0 amide bonds. The molecule has 0 saturated heterocycles. The number of aromatic nitrogens is 3. The number of hydrogen-bond acceptors (Lipinski definition) is 3. The van der Waals surface area contributed by atoms with Gasteiger partial charge in [-0.05, 0) is 49.2 Å². The zero-order valence-electron chi connectivity index (χ0n) is 18.7. The van der Waals surface area contributed by atoms with Crippen LogP contribution < -0.4 is 11.2 Å². The topological polar surface area (TPSA) is 58.2 Å². The van der Waals surface area contributed by atoms with Crippen LogP contribution in [0.1, 0.15) is 31.2 Å². The number of halogens is 2. The number of benzene rings is 2. The lowest BCUT2D eigenvalue weighted by atomic mass is 9.98. The molecule has 0 unspecified atom stereocenters. The van der Waals surface area contributed by atoms with Gasteiger partial charge in [0.05, 0.1) is 34.4 Å². The lowest BCUT2D eigenvalue weighted by Gasteiger charge is -2.39. The number of aryl methyl sites for hydroxylation is 1. The molecule has 0 aliphatic carbocycles. The summed E-state index contributed by atoms with van der Waals surface area (Å²) in [7, 11) is 3.13. The second kappa shape index (κ2) is 7.43. The fraction of sp³-hybridized carbons (Fsp3) is 0.280. The molecule has 0 spiro atoms. The van der Waals surface area contributed by atoms with E-state index < -0.39 is 17.3 Å². The number of rotatable bonds is 2. The van der Waals surface area contributed by atoms with Gasteiger partial charge in [0.25, 0.3) is 5.56 Å². The summed E-state index contributed by atoms with van der Waals surface area (Å²) in [5.41, 5.74) is 2.11. The van der Waals surface area contributed by atoms with Crippen LogP contribution >= 0.6 is 11.6 Å². The van der Waals surface area contributed by atoms with E-state index in [0.717, 1.165) is 15.7 Å². The summed E-state index contributed by atoms with van der Waals surface area (Å²) in [6.07, 6.45) is -0.583. The molecule has 0 bridgehead atoms. The van der Waals surface area contributed by atoms with E-state index in [1.165, 1.54) is 23.7 Å². The van der Waals surface area contributed by atoms with Crippen molar-refractivity contribution < 1.29 is 9.13 Å². The Balaban J connectivity index is 2.00. The third-order valence-corrected chi connectivity index (χ3v) is 6.61. The average Bonchev–Trinajstić information content (AvgIpc) is 3.15. The van der Waals surface area contributed by atoms with Crippen molar-refractivity contribution in [3.05, 3.63) is 91.5 Å². The van der Waals surface area contributed by atoms with Crippen LogP contribution in [0.25, 0.3) is 22.2 Å². The predicted octanol–water partition coefficient (Wildman–Crippen LogP) is 4.35. The first-order chi connectivity index (χ1) is 15.6. The van der Waals surface area contributed by atoms with Crippen LogP contribution in [0, 0.1) is 5.82 Å². The Morgan fingerprint density at radius 2 is 1.64 bits per heavy atom. The Kier molecular flexibility index (Phi) is 4.88. The number of nitrogens with zero attached hydrogens (tertiary/aromatic N) is 3. The minimum atomic E-state index is -0.583. The number of hydrogen-bond donors (Lipinski definition) is 0. The van der Waals surface area contributed by atoms with Gasteiger partial charge in [-0.1, -0.05) is 35.9 Å². The Bertz CT molecular complexity index is 1510. The molecule has 0 N–H and O–H groups in total. The first-order valence-electron chi connectivity index (χ1n) is 10.6. The van der Waals surface area contributed by atoms with E-state index in [1.807, 2.05) is 26.0 Å². The van der Waals surface area contributed by atoms with Gasteiger partial charge >= 0.3 is 5.69 Å². The maximum Gasteiger partial charge on any atom is 0.331 e. The summed E-state index contributed by atoms with van der Waals surface area (Å²) < 4.78 is 24.7. The van der Waals surface area contributed by atoms with Crippen LogP contribution in [0.4, 0.5) is 4.39 Å². The van der Waals surface area contributed by atoms with Crippen LogP contribution in [0.5, 0.6) is 0 Å². The van der Waals surface area contributed by atoms with Crippen molar-refractivity contribution in [3.8, 4) is 11.3 Å². The average molecular weight is 468 g/mol. The van der Waals surface area contributed by atoms with Crippen molar-refractivity contribution in [2.45, 2.75) is 25.5 Å². The van der Waals surface area contributed by atoms with Gasteiger partial charge in [0.2, 0.25) is 0 Å². The summed E-state index contributed by atoms with van der Waals surface area (Å²) in [4.78, 5) is 26.4. The van der Waals surface area contributed by atoms with Crippen molar-refractivity contribution in [1.29, 1.82) is 0 Å². The molecule has 1 aliphatic heterocycles.